The van der Waals surface area contributed by atoms with Crippen LogP contribution in [0.15, 0.2) is 75.8 Å². The number of carbonyl (C=O) groups is 3. The van der Waals surface area contributed by atoms with Crippen LogP contribution in [0, 0.1) is 5.92 Å². The lowest BCUT2D eigenvalue weighted by atomic mass is 9.92. The van der Waals surface area contributed by atoms with E-state index in [1.54, 1.807) is 20.8 Å². The van der Waals surface area contributed by atoms with Crippen molar-refractivity contribution in [2.75, 3.05) is 0 Å². The van der Waals surface area contributed by atoms with Gasteiger partial charge in [-0.25, -0.2) is 4.99 Å². The molecular weight excluding hydrogens is 533 g/mol. The van der Waals surface area contributed by atoms with Gasteiger partial charge in [0.1, 0.15) is 5.82 Å². The Labute approximate surface area is 231 Å². The first-order valence-electron chi connectivity index (χ1n) is 12.1. The average molecular weight is 565 g/mol. The molecule has 0 radical (unpaired) electrons. The van der Waals surface area contributed by atoms with E-state index < -0.39 is 29.0 Å². The second-order valence-corrected chi connectivity index (χ2v) is 9.98. The van der Waals surface area contributed by atoms with Crippen molar-refractivity contribution < 1.29 is 27.6 Å². The van der Waals surface area contributed by atoms with E-state index in [2.05, 4.69) is 27.5 Å². The van der Waals surface area contributed by atoms with Crippen molar-refractivity contribution in [3.8, 4) is 0 Å². The summed E-state index contributed by atoms with van der Waals surface area (Å²) < 4.78 is 39.4. The first-order chi connectivity index (χ1) is 18.0. The molecule has 1 fully saturated rings. The van der Waals surface area contributed by atoms with Gasteiger partial charge in [-0.3, -0.25) is 14.4 Å². The molecule has 2 amide bonds. The summed E-state index contributed by atoms with van der Waals surface area (Å²) in [6, 6.07) is 4.68. The molecule has 1 aliphatic rings. The Kier molecular flexibility index (Phi) is 10.5. The molecule has 0 aliphatic heterocycles. The first-order valence-corrected chi connectivity index (χ1v) is 12.5. The van der Waals surface area contributed by atoms with Crippen molar-refractivity contribution in [1.82, 2.24) is 16.0 Å². The number of alkyl halides is 3. The van der Waals surface area contributed by atoms with Gasteiger partial charge in [-0.1, -0.05) is 30.3 Å². The Bertz CT molecular complexity index is 1270. The number of rotatable bonds is 11. The van der Waals surface area contributed by atoms with Crippen molar-refractivity contribution >= 4 is 35.4 Å². The van der Waals surface area contributed by atoms with Crippen LogP contribution in [-0.2, 0) is 26.1 Å². The highest BCUT2D eigenvalue weighted by Crippen LogP contribution is 2.32. The third-order valence-electron chi connectivity index (χ3n) is 5.76. The highest BCUT2D eigenvalue weighted by Gasteiger charge is 2.33. The fourth-order valence-corrected chi connectivity index (χ4v) is 3.49. The molecule has 1 aromatic rings. The minimum absolute atomic E-state index is 0.00228. The van der Waals surface area contributed by atoms with Crippen LogP contribution in [0.5, 0.6) is 0 Å². The summed E-state index contributed by atoms with van der Waals surface area (Å²) in [7, 11) is 0. The molecule has 0 aromatic heterocycles. The molecule has 0 spiro atoms. The Morgan fingerprint density at radius 1 is 1.08 bits per heavy atom. The average Bonchev–Trinajstić information content (AvgIpc) is 3.68. The molecule has 3 N–H and O–H groups in total. The number of benzene rings is 1. The van der Waals surface area contributed by atoms with Crippen molar-refractivity contribution in [3.05, 3.63) is 81.9 Å². The topological polar surface area (TPSA) is 99.7 Å². The van der Waals surface area contributed by atoms with Gasteiger partial charge < -0.3 is 16.0 Å². The quantitative estimate of drug-likeness (QED) is 0.185. The lowest BCUT2D eigenvalue weighted by Gasteiger charge is -2.28. The molecule has 39 heavy (non-hydrogen) atoms. The summed E-state index contributed by atoms with van der Waals surface area (Å²) in [6.45, 7) is 11.3. The number of aliphatic imine (C=N–C) groups is 1. The standard InChI is InChI=1S/C28H32ClF3N4O3/c1-7-33-24(13-16(2)34-26(39)19-11-12-19)35-23(18(4)37)15-22(29)17(3)25(38)36-27(5,6)20-9-8-10-21(14-20)28(30,31)32/h7-10,13-15,19,35H,2,11-12H2,1,3-6H3,(H,34,39)(H,36,38)/b22-17-,23-15+,24-13+,33-7-. The summed E-state index contributed by atoms with van der Waals surface area (Å²) in [5.74, 6) is -1.03. The molecule has 0 unspecified atom stereocenters. The van der Waals surface area contributed by atoms with E-state index in [4.69, 9.17) is 11.6 Å². The van der Waals surface area contributed by atoms with Crippen LogP contribution in [0.4, 0.5) is 13.2 Å². The Balaban J connectivity index is 2.26. The van der Waals surface area contributed by atoms with Crippen molar-refractivity contribution in [3.63, 3.8) is 0 Å². The molecule has 1 saturated carbocycles. The molecule has 0 heterocycles. The predicted octanol–water partition coefficient (Wildman–Crippen LogP) is 5.60. The van der Waals surface area contributed by atoms with Gasteiger partial charge in [0, 0.05) is 36.4 Å². The molecule has 0 bridgehead atoms. The number of halogens is 4. The minimum atomic E-state index is -4.53. The van der Waals surface area contributed by atoms with E-state index in [1.165, 1.54) is 44.3 Å². The highest BCUT2D eigenvalue weighted by molar-refractivity contribution is 6.33. The van der Waals surface area contributed by atoms with Crippen molar-refractivity contribution in [2.24, 2.45) is 10.9 Å². The maximum atomic E-state index is 13.1. The second kappa shape index (κ2) is 12.9. The number of ketones is 1. The maximum absolute atomic E-state index is 13.1. The molecule has 2 rings (SSSR count). The Morgan fingerprint density at radius 2 is 1.69 bits per heavy atom. The molecular formula is C28H32ClF3N4O3. The van der Waals surface area contributed by atoms with Gasteiger partial charge in [-0.2, -0.15) is 13.2 Å². The van der Waals surface area contributed by atoms with Gasteiger partial charge in [-0.15, -0.1) is 0 Å². The maximum Gasteiger partial charge on any atom is 0.416 e. The Morgan fingerprint density at radius 3 is 2.23 bits per heavy atom. The molecule has 1 aliphatic carbocycles. The van der Waals surface area contributed by atoms with E-state index in [-0.39, 0.29) is 45.2 Å². The Hall–Kier alpha value is -3.66. The smallest absolute Gasteiger partial charge is 0.343 e. The van der Waals surface area contributed by atoms with Crippen LogP contribution in [0.3, 0.4) is 0 Å². The second-order valence-electron chi connectivity index (χ2n) is 9.58. The fourth-order valence-electron chi connectivity index (χ4n) is 3.29. The summed E-state index contributed by atoms with van der Waals surface area (Å²) >= 11 is 6.37. The SMILES string of the molecule is C=C(/C=C(\N=C/C)N/C(=C/C(Cl)=C(\C)C(=O)NC(C)(C)c1cccc(C(F)(F)F)c1)C(C)=O)NC(=O)C1CC1. The number of hydrogen-bond donors (Lipinski definition) is 3. The van der Waals surface area contributed by atoms with E-state index in [0.29, 0.717) is 0 Å². The number of carbonyl (C=O) groups excluding carboxylic acids is 3. The third-order valence-corrected chi connectivity index (χ3v) is 6.15. The van der Waals surface area contributed by atoms with Crippen LogP contribution in [0.25, 0.3) is 0 Å². The van der Waals surface area contributed by atoms with E-state index >= 15 is 0 Å². The molecule has 1 aromatic carbocycles. The molecule has 0 atom stereocenters. The zero-order chi connectivity index (χ0) is 29.5. The molecule has 11 heteroatoms. The number of allylic oxidation sites excluding steroid dienone is 4. The van der Waals surface area contributed by atoms with Gasteiger partial charge >= 0.3 is 6.18 Å². The summed E-state index contributed by atoms with van der Waals surface area (Å²) in [5.41, 5.74) is -1.44. The van der Waals surface area contributed by atoms with Crippen molar-refractivity contribution in [2.45, 2.75) is 59.2 Å². The lowest BCUT2D eigenvalue weighted by Crippen LogP contribution is -2.41. The fraction of sp³-hybridized carbons (Fsp3) is 0.357. The highest BCUT2D eigenvalue weighted by atomic mass is 35.5. The van der Waals surface area contributed by atoms with Crippen LogP contribution >= 0.6 is 11.6 Å². The van der Waals surface area contributed by atoms with Crippen LogP contribution in [0.2, 0.25) is 0 Å². The summed E-state index contributed by atoms with van der Waals surface area (Å²) in [5, 5.41) is 8.11. The van der Waals surface area contributed by atoms with Gasteiger partial charge in [0.05, 0.1) is 21.8 Å². The summed E-state index contributed by atoms with van der Waals surface area (Å²) in [4.78, 5) is 41.4. The van der Waals surface area contributed by atoms with Crippen LogP contribution in [-0.4, -0.2) is 23.8 Å². The predicted molar refractivity (Wildman–Crippen MR) is 145 cm³/mol. The molecule has 0 saturated heterocycles. The normalized spacial score (nSPS) is 15.5. The number of Topliss-reactive ketones (excluding diaryl/α,β-unsaturated/α-hetero) is 1. The first kappa shape index (κ1) is 31.6. The number of amides is 2. The van der Waals surface area contributed by atoms with E-state index in [9.17, 15) is 27.6 Å². The van der Waals surface area contributed by atoms with E-state index in [1.807, 2.05) is 0 Å². The lowest BCUT2D eigenvalue weighted by molar-refractivity contribution is -0.137. The van der Waals surface area contributed by atoms with Gasteiger partial charge in [0.15, 0.2) is 5.78 Å². The number of nitrogens with one attached hydrogen (secondary N) is 3. The number of nitrogens with zero attached hydrogens (tertiary/aromatic N) is 1. The molecule has 7 nitrogen and oxygen atoms in total. The minimum Gasteiger partial charge on any atom is -0.343 e. The van der Waals surface area contributed by atoms with Gasteiger partial charge in [0.25, 0.3) is 0 Å². The monoisotopic (exact) mass is 564 g/mol. The number of hydrogen-bond acceptors (Lipinski definition) is 5. The van der Waals surface area contributed by atoms with E-state index in [0.717, 1.165) is 25.0 Å². The van der Waals surface area contributed by atoms with Crippen LogP contribution < -0.4 is 16.0 Å². The third kappa shape index (κ3) is 9.55. The molecule has 210 valence electrons. The summed E-state index contributed by atoms with van der Waals surface area (Å²) in [6.07, 6.45) is 1.30. The van der Waals surface area contributed by atoms with Crippen LogP contribution in [0.1, 0.15) is 58.6 Å². The van der Waals surface area contributed by atoms with Gasteiger partial charge in [-0.05, 0) is 64.3 Å². The zero-order valence-electron chi connectivity index (χ0n) is 22.4. The van der Waals surface area contributed by atoms with Gasteiger partial charge in [0.2, 0.25) is 11.8 Å². The zero-order valence-corrected chi connectivity index (χ0v) is 23.2. The largest absolute Gasteiger partial charge is 0.416 e. The van der Waals surface area contributed by atoms with Crippen molar-refractivity contribution in [1.29, 1.82) is 0 Å².